The maximum Gasteiger partial charge on any atom is 0.250 e. The van der Waals surface area contributed by atoms with E-state index in [0.29, 0.717) is 11.3 Å². The van der Waals surface area contributed by atoms with Gasteiger partial charge in [-0.05, 0) is 24.5 Å². The van der Waals surface area contributed by atoms with Gasteiger partial charge in [0, 0.05) is 30.7 Å². The molecule has 0 bridgehead atoms. The average Bonchev–Trinajstić information content (AvgIpc) is 2.26. The van der Waals surface area contributed by atoms with Crippen LogP contribution in [0.1, 0.15) is 10.4 Å². The molecule has 0 aliphatic heterocycles. The van der Waals surface area contributed by atoms with Crippen LogP contribution < -0.4 is 16.4 Å². The Morgan fingerprint density at radius 2 is 2.19 bits per heavy atom. The molecule has 1 aromatic rings. The van der Waals surface area contributed by atoms with Crippen molar-refractivity contribution in [3.05, 3.63) is 23.8 Å². The van der Waals surface area contributed by atoms with Gasteiger partial charge in [-0.15, -0.1) is 0 Å². The number of thioether (sulfide) groups is 1. The minimum Gasteiger partial charge on any atom is -0.398 e. The van der Waals surface area contributed by atoms with Gasteiger partial charge in [0.25, 0.3) is 5.91 Å². The number of nitrogen functional groups attached to an aromatic ring is 1. The van der Waals surface area contributed by atoms with Crippen molar-refractivity contribution < 1.29 is 4.79 Å². The molecule has 4 nitrogen and oxygen atoms in total. The van der Waals surface area contributed by atoms with Gasteiger partial charge in [-0.25, -0.2) is 0 Å². The van der Waals surface area contributed by atoms with E-state index in [1.54, 1.807) is 23.9 Å². The fraction of sp³-hybridized carbons (Fsp3) is 0.364. The summed E-state index contributed by atoms with van der Waals surface area (Å²) in [6.07, 6.45) is 2.06. The minimum absolute atomic E-state index is 0.383. The predicted octanol–water partition coefficient (Wildman–Crippen LogP) is 1.17. The molecule has 1 rings (SSSR count). The third-order valence-electron chi connectivity index (χ3n) is 2.37. The highest BCUT2D eigenvalue weighted by molar-refractivity contribution is 7.98. The molecule has 1 amide bonds. The van der Waals surface area contributed by atoms with E-state index in [0.717, 1.165) is 18.0 Å². The van der Waals surface area contributed by atoms with Crippen LogP contribution in [-0.2, 0) is 0 Å². The number of anilines is 2. The monoisotopic (exact) mass is 239 g/mol. The molecule has 1 aromatic carbocycles. The normalized spacial score (nSPS) is 10.1. The number of carbonyl (C=O) groups excluding carboxylic acids is 1. The van der Waals surface area contributed by atoms with Gasteiger partial charge < -0.3 is 16.4 Å². The van der Waals surface area contributed by atoms with Crippen LogP contribution in [0.15, 0.2) is 18.2 Å². The van der Waals surface area contributed by atoms with Gasteiger partial charge in [0.05, 0.1) is 5.56 Å². The van der Waals surface area contributed by atoms with Gasteiger partial charge >= 0.3 is 0 Å². The Labute approximate surface area is 100.0 Å². The zero-order valence-electron chi connectivity index (χ0n) is 9.56. The van der Waals surface area contributed by atoms with Gasteiger partial charge in [-0.2, -0.15) is 11.8 Å². The molecule has 0 fully saturated rings. The average molecular weight is 239 g/mol. The summed E-state index contributed by atoms with van der Waals surface area (Å²) in [4.78, 5) is 13.2. The summed E-state index contributed by atoms with van der Waals surface area (Å²) in [5.41, 5.74) is 12.7. The highest BCUT2D eigenvalue weighted by Gasteiger charge is 2.08. The van der Waals surface area contributed by atoms with Crippen LogP contribution in [0.2, 0.25) is 0 Å². The third-order valence-corrected chi connectivity index (χ3v) is 2.96. The molecular formula is C11H17N3OS. The largest absolute Gasteiger partial charge is 0.398 e. The van der Waals surface area contributed by atoms with Crippen molar-refractivity contribution in [1.82, 2.24) is 0 Å². The lowest BCUT2D eigenvalue weighted by Crippen LogP contribution is -2.21. The zero-order valence-corrected chi connectivity index (χ0v) is 10.4. The van der Waals surface area contributed by atoms with E-state index in [1.165, 1.54) is 0 Å². The smallest absolute Gasteiger partial charge is 0.250 e. The maximum atomic E-state index is 11.1. The van der Waals surface area contributed by atoms with Crippen molar-refractivity contribution in [3.63, 3.8) is 0 Å². The van der Waals surface area contributed by atoms with Gasteiger partial charge in [-0.3, -0.25) is 4.79 Å². The first-order valence-electron chi connectivity index (χ1n) is 4.95. The topological polar surface area (TPSA) is 72.3 Å². The SMILES string of the molecule is CSCCN(C)c1ccc(N)c(C(N)=O)c1. The molecule has 16 heavy (non-hydrogen) atoms. The Hall–Kier alpha value is -1.36. The molecule has 0 saturated heterocycles. The van der Waals surface area contributed by atoms with Crippen molar-refractivity contribution in [1.29, 1.82) is 0 Å². The predicted molar refractivity (Wildman–Crippen MR) is 71.0 cm³/mol. The van der Waals surface area contributed by atoms with Crippen LogP contribution in [0.3, 0.4) is 0 Å². The summed E-state index contributed by atoms with van der Waals surface area (Å²) in [5, 5.41) is 0. The Morgan fingerprint density at radius 1 is 1.50 bits per heavy atom. The standard InChI is InChI=1S/C11H17N3OS/c1-14(5-6-16-2)8-3-4-10(12)9(7-8)11(13)15/h3-4,7H,5-6,12H2,1-2H3,(H2,13,15). The first kappa shape index (κ1) is 12.7. The summed E-state index contributed by atoms with van der Waals surface area (Å²) >= 11 is 1.78. The van der Waals surface area contributed by atoms with Crippen LogP contribution in [0.25, 0.3) is 0 Å². The number of nitrogens with two attached hydrogens (primary N) is 2. The van der Waals surface area contributed by atoms with E-state index in [2.05, 4.69) is 11.2 Å². The number of benzene rings is 1. The van der Waals surface area contributed by atoms with Gasteiger partial charge in [0.1, 0.15) is 0 Å². The first-order chi connectivity index (χ1) is 7.56. The second-order valence-corrected chi connectivity index (χ2v) is 4.54. The summed E-state index contributed by atoms with van der Waals surface area (Å²) < 4.78 is 0. The number of primary amides is 1. The molecule has 0 aromatic heterocycles. The highest BCUT2D eigenvalue weighted by atomic mass is 32.2. The number of rotatable bonds is 5. The van der Waals surface area contributed by atoms with E-state index in [9.17, 15) is 4.79 Å². The molecule has 0 spiro atoms. The van der Waals surface area contributed by atoms with Crippen molar-refractivity contribution in [2.24, 2.45) is 5.73 Å². The van der Waals surface area contributed by atoms with Crippen molar-refractivity contribution in [3.8, 4) is 0 Å². The summed E-state index contributed by atoms with van der Waals surface area (Å²) in [7, 11) is 1.98. The molecule has 88 valence electrons. The molecule has 0 saturated carbocycles. The number of nitrogens with zero attached hydrogens (tertiary/aromatic N) is 1. The molecule has 0 aliphatic carbocycles. The Kier molecular flexibility index (Phi) is 4.49. The van der Waals surface area contributed by atoms with E-state index in [4.69, 9.17) is 11.5 Å². The first-order valence-corrected chi connectivity index (χ1v) is 6.35. The molecule has 0 radical (unpaired) electrons. The lowest BCUT2D eigenvalue weighted by molar-refractivity contribution is 0.100. The minimum atomic E-state index is -0.488. The fourth-order valence-corrected chi connectivity index (χ4v) is 1.81. The molecular weight excluding hydrogens is 222 g/mol. The fourth-order valence-electron chi connectivity index (χ4n) is 1.35. The second kappa shape index (κ2) is 5.65. The van der Waals surface area contributed by atoms with Crippen molar-refractivity contribution >= 4 is 29.0 Å². The van der Waals surface area contributed by atoms with Crippen molar-refractivity contribution in [2.75, 3.05) is 36.2 Å². The van der Waals surface area contributed by atoms with E-state index in [1.807, 2.05) is 13.1 Å². The van der Waals surface area contributed by atoms with Crippen LogP contribution in [0, 0.1) is 0 Å². The highest BCUT2D eigenvalue weighted by Crippen LogP contribution is 2.20. The zero-order chi connectivity index (χ0) is 12.1. The molecule has 5 heteroatoms. The van der Waals surface area contributed by atoms with Crippen LogP contribution in [0.4, 0.5) is 11.4 Å². The summed E-state index contributed by atoms with van der Waals surface area (Å²) in [6, 6.07) is 5.34. The molecule has 0 atom stereocenters. The summed E-state index contributed by atoms with van der Waals surface area (Å²) in [5.74, 6) is 0.546. The van der Waals surface area contributed by atoms with Crippen LogP contribution in [-0.4, -0.2) is 31.5 Å². The van der Waals surface area contributed by atoms with Gasteiger partial charge in [0.2, 0.25) is 0 Å². The van der Waals surface area contributed by atoms with E-state index >= 15 is 0 Å². The lowest BCUT2D eigenvalue weighted by Gasteiger charge is -2.19. The van der Waals surface area contributed by atoms with Gasteiger partial charge in [-0.1, -0.05) is 0 Å². The molecule has 0 unspecified atom stereocenters. The van der Waals surface area contributed by atoms with Crippen LogP contribution in [0.5, 0.6) is 0 Å². The Bertz CT molecular complexity index is 381. The van der Waals surface area contributed by atoms with Crippen LogP contribution >= 0.6 is 11.8 Å². The number of hydrogen-bond donors (Lipinski definition) is 2. The number of hydrogen-bond acceptors (Lipinski definition) is 4. The maximum absolute atomic E-state index is 11.1. The molecule has 0 aliphatic rings. The van der Waals surface area contributed by atoms with Gasteiger partial charge in [0.15, 0.2) is 0 Å². The molecule has 0 heterocycles. The molecule has 4 N–H and O–H groups in total. The Morgan fingerprint density at radius 3 is 2.75 bits per heavy atom. The van der Waals surface area contributed by atoms with E-state index < -0.39 is 5.91 Å². The Balaban J connectivity index is 2.89. The quantitative estimate of drug-likeness (QED) is 0.756. The van der Waals surface area contributed by atoms with E-state index in [-0.39, 0.29) is 0 Å². The third kappa shape index (κ3) is 3.06. The van der Waals surface area contributed by atoms with Crippen molar-refractivity contribution in [2.45, 2.75) is 0 Å². The lowest BCUT2D eigenvalue weighted by atomic mass is 10.1. The second-order valence-electron chi connectivity index (χ2n) is 3.55. The summed E-state index contributed by atoms with van der Waals surface area (Å²) in [6.45, 7) is 0.920. The number of carbonyl (C=O) groups is 1. The number of amides is 1.